The molecule has 5 aliphatic carbocycles. The van der Waals surface area contributed by atoms with Crippen molar-refractivity contribution in [3.63, 3.8) is 0 Å². The second kappa shape index (κ2) is 17.6. The lowest BCUT2D eigenvalue weighted by Gasteiger charge is -2.70. The summed E-state index contributed by atoms with van der Waals surface area (Å²) >= 11 is 0. The molecule has 0 aromatic rings. The number of rotatable bonds is 7. The summed E-state index contributed by atoms with van der Waals surface area (Å²) in [5.41, 5.74) is -1.84. The van der Waals surface area contributed by atoms with Crippen LogP contribution in [0.25, 0.3) is 0 Å². The Kier molecular flexibility index (Phi) is 15.2. The van der Waals surface area contributed by atoms with Crippen LogP contribution >= 0.6 is 0 Å². The zero-order valence-corrected chi connectivity index (χ0v) is 36.8. The fraction of sp³-hybridized carbons (Fsp3) is 0.857. The molecule has 358 valence electrons. The molecule has 0 aromatic carbocycles. The van der Waals surface area contributed by atoms with Gasteiger partial charge >= 0.3 is 11.9 Å². The molecule has 2 aliphatic heterocycles. The monoisotopic (exact) mass is 893 g/mol. The van der Waals surface area contributed by atoms with Crippen molar-refractivity contribution < 1.29 is 95.4 Å². The lowest BCUT2D eigenvalue weighted by atomic mass is 9.33. The first kappa shape index (κ1) is 53.6. The summed E-state index contributed by atoms with van der Waals surface area (Å²) < 4.78 is 23.3. The number of fused-ring (bicyclic) bond motifs is 7. The minimum Gasteiger partial charge on any atom is -0.547 e. The van der Waals surface area contributed by atoms with Crippen molar-refractivity contribution >= 4 is 23.7 Å². The zero-order chi connectivity index (χ0) is 42.9. The van der Waals surface area contributed by atoms with Crippen molar-refractivity contribution in [3.8, 4) is 0 Å². The first-order valence-electron chi connectivity index (χ1n) is 20.7. The second-order valence-corrected chi connectivity index (χ2v) is 20.6. The van der Waals surface area contributed by atoms with Gasteiger partial charge in [0.1, 0.15) is 42.7 Å². The fourth-order valence-corrected chi connectivity index (χ4v) is 13.4. The van der Waals surface area contributed by atoms with Crippen molar-refractivity contribution in [2.75, 3.05) is 0 Å². The van der Waals surface area contributed by atoms with Crippen LogP contribution in [-0.2, 0) is 38.1 Å². The van der Waals surface area contributed by atoms with Crippen LogP contribution in [0.5, 0.6) is 0 Å². The van der Waals surface area contributed by atoms with Crippen LogP contribution in [0.4, 0.5) is 0 Å². The Balaban J connectivity index is 0.00000256. The molecule has 7 rings (SSSR count). The average Bonchev–Trinajstić information content (AvgIpc) is 3.13. The molecular formula is C42H71NO19. The summed E-state index contributed by atoms with van der Waals surface area (Å²) in [6, 6.07) is 0. The molecule has 4 saturated carbocycles. The molecule has 0 aromatic heterocycles. The average molecular weight is 894 g/mol. The van der Waals surface area contributed by atoms with E-state index in [-0.39, 0.29) is 56.9 Å². The van der Waals surface area contributed by atoms with Gasteiger partial charge in [0.2, 0.25) is 0 Å². The Labute approximate surface area is 360 Å². The largest absolute Gasteiger partial charge is 0.547 e. The van der Waals surface area contributed by atoms with Crippen LogP contribution in [0.3, 0.4) is 0 Å². The third-order valence-corrected chi connectivity index (χ3v) is 17.2. The minimum absolute atomic E-state index is 0. The molecule has 19 unspecified atom stereocenters. The predicted octanol–water partition coefficient (Wildman–Crippen LogP) is -1.19. The van der Waals surface area contributed by atoms with E-state index in [1.807, 2.05) is 26.8 Å². The van der Waals surface area contributed by atoms with Crippen LogP contribution in [-0.4, -0.2) is 143 Å². The van der Waals surface area contributed by atoms with Gasteiger partial charge < -0.3 is 87.2 Å². The van der Waals surface area contributed by atoms with Gasteiger partial charge in [0.25, 0.3) is 0 Å². The highest BCUT2D eigenvalue weighted by Crippen LogP contribution is 2.75. The maximum absolute atomic E-state index is 14.8. The summed E-state index contributed by atoms with van der Waals surface area (Å²) in [5.74, 6) is -4.75. The third kappa shape index (κ3) is 7.73. The van der Waals surface area contributed by atoms with E-state index in [0.717, 1.165) is 37.7 Å². The quantitative estimate of drug-likeness (QED) is 0.139. The van der Waals surface area contributed by atoms with E-state index in [9.17, 15) is 60.0 Å². The van der Waals surface area contributed by atoms with E-state index in [4.69, 9.17) is 18.9 Å². The molecule has 0 amide bonds. The number of aliphatic hydroxyl groups excluding tert-OH is 5. The number of carbonyl (C=O) groups is 4. The highest BCUT2D eigenvalue weighted by molar-refractivity contribution is 5.95. The van der Waals surface area contributed by atoms with E-state index in [2.05, 4.69) is 27.7 Å². The summed E-state index contributed by atoms with van der Waals surface area (Å²) in [7, 11) is 0. The van der Waals surface area contributed by atoms with E-state index < -0.39 is 107 Å². The van der Waals surface area contributed by atoms with Gasteiger partial charge in [-0.1, -0.05) is 47.1 Å². The number of quaternary nitrogens is 1. The molecule has 62 heavy (non-hydrogen) atoms. The molecule has 19 atom stereocenters. The van der Waals surface area contributed by atoms with Crippen molar-refractivity contribution in [3.05, 3.63) is 11.6 Å². The molecule has 2 saturated heterocycles. The van der Waals surface area contributed by atoms with Gasteiger partial charge in [0, 0.05) is 5.92 Å². The van der Waals surface area contributed by atoms with Gasteiger partial charge in [-0.25, -0.2) is 4.79 Å². The molecule has 6 fully saturated rings. The van der Waals surface area contributed by atoms with Crippen LogP contribution in [0.2, 0.25) is 0 Å². The number of allylic oxidation sites excluding steroid dienone is 2. The zero-order valence-electron chi connectivity index (χ0n) is 36.8. The fourth-order valence-electron chi connectivity index (χ4n) is 13.4. The Bertz CT molecular complexity index is 1740. The van der Waals surface area contributed by atoms with E-state index >= 15 is 0 Å². The van der Waals surface area contributed by atoms with Crippen LogP contribution in [0, 0.1) is 50.2 Å². The maximum atomic E-state index is 14.8. The third-order valence-electron chi connectivity index (χ3n) is 17.2. The SMILES string of the molecule is CC1(C(=O)O)CCC2(C)CCC3(C)C(=CC(=O)C4C5(C)CCC(OC6OC(C(=O)O)C(O)C(O)C6OC6OC(C(=O)[O-])C(O)C(O)C6O)C(C)(C)C5CCC43C)C2C1.O.O.O.[NH4+]. The Morgan fingerprint density at radius 2 is 1.31 bits per heavy atom. The number of aliphatic carboxylic acids is 3. The number of ketones is 1. The van der Waals surface area contributed by atoms with Gasteiger partial charge in [0.05, 0.1) is 17.5 Å². The van der Waals surface area contributed by atoms with Crippen molar-refractivity contribution in [1.82, 2.24) is 6.15 Å². The van der Waals surface area contributed by atoms with E-state index in [0.29, 0.717) is 25.7 Å². The predicted molar refractivity (Wildman–Crippen MR) is 214 cm³/mol. The van der Waals surface area contributed by atoms with Gasteiger partial charge in [-0.3, -0.25) is 9.59 Å². The number of aliphatic hydroxyl groups is 5. The van der Waals surface area contributed by atoms with E-state index in [1.54, 1.807) is 0 Å². The number of carboxylic acid groups (broad SMARTS) is 3. The Morgan fingerprint density at radius 3 is 1.89 bits per heavy atom. The molecule has 2 heterocycles. The van der Waals surface area contributed by atoms with Gasteiger partial charge in [-0.05, 0) is 110 Å². The molecular weight excluding hydrogens is 822 g/mol. The molecule has 0 bridgehead atoms. The van der Waals surface area contributed by atoms with Crippen LogP contribution in [0.1, 0.15) is 106 Å². The highest BCUT2D eigenvalue weighted by Gasteiger charge is 2.71. The molecule has 17 N–H and O–H groups in total. The molecule has 0 spiro atoms. The Morgan fingerprint density at radius 1 is 0.726 bits per heavy atom. The van der Waals surface area contributed by atoms with Crippen molar-refractivity contribution in [2.45, 2.75) is 174 Å². The van der Waals surface area contributed by atoms with Crippen molar-refractivity contribution in [1.29, 1.82) is 0 Å². The first-order valence-corrected chi connectivity index (χ1v) is 20.7. The molecule has 20 heteroatoms. The first-order chi connectivity index (χ1) is 26.8. The van der Waals surface area contributed by atoms with Gasteiger partial charge in [-0.15, -0.1) is 0 Å². The smallest absolute Gasteiger partial charge is 0.335 e. The summed E-state index contributed by atoms with van der Waals surface area (Å²) in [6.45, 7) is 14.8. The normalized spacial score (nSPS) is 49.2. The summed E-state index contributed by atoms with van der Waals surface area (Å²) in [5, 5.41) is 85.0. The minimum atomic E-state index is -2.14. The number of carboxylic acids is 3. The lowest BCUT2D eigenvalue weighted by molar-refractivity contribution is -0.382. The van der Waals surface area contributed by atoms with Gasteiger partial charge in [0.15, 0.2) is 24.5 Å². The number of hydrogen-bond acceptors (Lipinski definition) is 14. The van der Waals surface area contributed by atoms with E-state index in [1.165, 1.54) is 0 Å². The van der Waals surface area contributed by atoms with Crippen LogP contribution in [0.15, 0.2) is 11.6 Å². The summed E-state index contributed by atoms with van der Waals surface area (Å²) in [4.78, 5) is 51.2. The molecule has 0 radical (unpaired) electrons. The number of carbonyl (C=O) groups excluding carboxylic acids is 2. The second-order valence-electron chi connectivity index (χ2n) is 20.6. The lowest BCUT2D eigenvalue weighted by Crippen LogP contribution is -2.68. The summed E-state index contributed by atoms with van der Waals surface area (Å²) in [6.07, 6.45) is -12.7. The molecule has 20 nitrogen and oxygen atoms in total. The van der Waals surface area contributed by atoms with Gasteiger partial charge in [-0.2, -0.15) is 0 Å². The van der Waals surface area contributed by atoms with Crippen molar-refractivity contribution in [2.24, 2.45) is 50.2 Å². The topological polar surface area (TPSA) is 401 Å². The standard InChI is InChI=1S/C42H62O16.H3N.3H2O/c1-37(2)21-8-11-42(7)31(20(43)16-18-19-17-39(4,36(53)54)13-12-38(19,3)14-15-41(18,42)6)40(21,5)10-9-22(37)55-35-30(26(47)25(46)29(57-35)33(51)52)58-34-27(48)23(44)24(45)28(56-34)32(49)50;;;;/h16,19,21-31,34-35,44-48H,8-15,17H2,1-7H3,(H,49,50)(H,51,52)(H,53,54);1H3;3*1H2. The van der Waals surface area contributed by atoms with Crippen LogP contribution < -0.4 is 11.3 Å². The number of ether oxygens (including phenoxy) is 4. The number of hydrogen-bond donors (Lipinski definition) is 8. The highest BCUT2D eigenvalue weighted by atomic mass is 16.8. The maximum Gasteiger partial charge on any atom is 0.335 e. The molecule has 7 aliphatic rings. The Hall–Kier alpha value is -2.70.